The van der Waals surface area contributed by atoms with Crippen LogP contribution in [0.1, 0.15) is 46.3 Å². The molecule has 1 aliphatic rings. The molecular weight excluding hydrogens is 332 g/mol. The molecule has 3 aromatic heterocycles. The number of aromatic nitrogens is 3. The standard InChI is InChI=1S/C19H20N4O3/c1-12-8-14(26-23-12)10-21-19(24)18-9-15(13-3-6-25-7-4-13)16-11-20-5-2-17(16)22-18/h2,5,8-9,11,13H,3-4,6-7,10H2,1H3,(H,21,24). The second-order valence-corrected chi connectivity index (χ2v) is 6.49. The maximum Gasteiger partial charge on any atom is 0.270 e. The molecule has 1 amide bonds. The van der Waals surface area contributed by atoms with Crippen molar-refractivity contribution in [1.29, 1.82) is 0 Å². The first-order chi connectivity index (χ1) is 12.7. The molecule has 1 fully saturated rings. The van der Waals surface area contributed by atoms with Crippen molar-refractivity contribution in [3.8, 4) is 0 Å². The number of hydrogen-bond donors (Lipinski definition) is 1. The Labute approximate surface area is 150 Å². The van der Waals surface area contributed by atoms with Crippen molar-refractivity contribution in [1.82, 2.24) is 20.4 Å². The number of ether oxygens (including phenoxy) is 1. The summed E-state index contributed by atoms with van der Waals surface area (Å²) in [7, 11) is 0. The molecule has 4 heterocycles. The van der Waals surface area contributed by atoms with E-state index in [1.807, 2.05) is 25.3 Å². The highest BCUT2D eigenvalue weighted by Gasteiger charge is 2.21. The number of carbonyl (C=O) groups is 1. The number of hydrogen-bond acceptors (Lipinski definition) is 6. The van der Waals surface area contributed by atoms with Crippen molar-refractivity contribution in [3.63, 3.8) is 0 Å². The minimum Gasteiger partial charge on any atom is -0.381 e. The number of amides is 1. The smallest absolute Gasteiger partial charge is 0.270 e. The van der Waals surface area contributed by atoms with Gasteiger partial charge in [-0.05, 0) is 43.4 Å². The molecule has 0 aliphatic carbocycles. The highest BCUT2D eigenvalue weighted by atomic mass is 16.5. The van der Waals surface area contributed by atoms with E-state index in [1.54, 1.807) is 12.3 Å². The lowest BCUT2D eigenvalue weighted by Crippen LogP contribution is -2.24. The first-order valence-corrected chi connectivity index (χ1v) is 8.73. The summed E-state index contributed by atoms with van der Waals surface area (Å²) in [6, 6.07) is 5.53. The van der Waals surface area contributed by atoms with Crippen LogP contribution in [0.4, 0.5) is 0 Å². The molecule has 0 saturated carbocycles. The Hall–Kier alpha value is -2.80. The van der Waals surface area contributed by atoms with Gasteiger partial charge >= 0.3 is 0 Å². The molecule has 0 spiro atoms. The van der Waals surface area contributed by atoms with Crippen molar-refractivity contribution >= 4 is 16.8 Å². The van der Waals surface area contributed by atoms with Gasteiger partial charge in [0.1, 0.15) is 5.69 Å². The van der Waals surface area contributed by atoms with Gasteiger partial charge in [-0.3, -0.25) is 9.78 Å². The average molecular weight is 352 g/mol. The predicted molar refractivity (Wildman–Crippen MR) is 94.7 cm³/mol. The van der Waals surface area contributed by atoms with Crippen LogP contribution < -0.4 is 5.32 Å². The molecule has 134 valence electrons. The maximum absolute atomic E-state index is 12.6. The van der Waals surface area contributed by atoms with Crippen LogP contribution in [0.2, 0.25) is 0 Å². The van der Waals surface area contributed by atoms with E-state index in [2.05, 4.69) is 20.4 Å². The van der Waals surface area contributed by atoms with Crippen LogP contribution >= 0.6 is 0 Å². The lowest BCUT2D eigenvalue weighted by molar-refractivity contribution is 0.0855. The predicted octanol–water partition coefficient (Wildman–Crippen LogP) is 2.75. The molecule has 0 unspecified atom stereocenters. The van der Waals surface area contributed by atoms with Gasteiger partial charge in [-0.25, -0.2) is 4.98 Å². The third kappa shape index (κ3) is 3.43. The van der Waals surface area contributed by atoms with Crippen molar-refractivity contribution in [2.45, 2.75) is 32.2 Å². The van der Waals surface area contributed by atoms with Crippen molar-refractivity contribution in [2.24, 2.45) is 0 Å². The van der Waals surface area contributed by atoms with Crippen LogP contribution in [0.5, 0.6) is 0 Å². The van der Waals surface area contributed by atoms with Crippen LogP contribution in [-0.2, 0) is 11.3 Å². The molecule has 0 bridgehead atoms. The fourth-order valence-electron chi connectivity index (χ4n) is 3.31. The summed E-state index contributed by atoms with van der Waals surface area (Å²) in [5.41, 5.74) is 3.09. The summed E-state index contributed by atoms with van der Waals surface area (Å²) in [4.78, 5) is 21.4. The molecule has 0 atom stereocenters. The quantitative estimate of drug-likeness (QED) is 0.776. The van der Waals surface area contributed by atoms with Gasteiger partial charge in [0, 0.05) is 37.1 Å². The van der Waals surface area contributed by atoms with Gasteiger partial charge in [-0.15, -0.1) is 0 Å². The number of carbonyl (C=O) groups excluding carboxylic acids is 1. The Morgan fingerprint density at radius 1 is 1.31 bits per heavy atom. The van der Waals surface area contributed by atoms with E-state index in [-0.39, 0.29) is 12.5 Å². The molecule has 1 saturated heterocycles. The first kappa shape index (κ1) is 16.7. The molecular formula is C19H20N4O3. The summed E-state index contributed by atoms with van der Waals surface area (Å²) in [6.07, 6.45) is 5.40. The summed E-state index contributed by atoms with van der Waals surface area (Å²) < 4.78 is 10.6. The fraction of sp³-hybridized carbons (Fsp3) is 0.368. The van der Waals surface area contributed by atoms with E-state index < -0.39 is 0 Å². The van der Waals surface area contributed by atoms with Crippen LogP contribution in [0, 0.1) is 6.92 Å². The Kier molecular flexibility index (Phi) is 4.62. The minimum absolute atomic E-state index is 0.230. The Balaban J connectivity index is 1.62. The monoisotopic (exact) mass is 352 g/mol. The van der Waals surface area contributed by atoms with Crippen LogP contribution in [-0.4, -0.2) is 34.2 Å². The van der Waals surface area contributed by atoms with Crippen LogP contribution in [0.15, 0.2) is 35.1 Å². The van der Waals surface area contributed by atoms with Crippen molar-refractivity contribution < 1.29 is 14.1 Å². The van der Waals surface area contributed by atoms with Crippen molar-refractivity contribution in [3.05, 3.63) is 53.3 Å². The van der Waals surface area contributed by atoms with Gasteiger partial charge in [0.2, 0.25) is 0 Å². The van der Waals surface area contributed by atoms with E-state index in [9.17, 15) is 4.79 Å². The Morgan fingerprint density at radius 2 is 2.15 bits per heavy atom. The minimum atomic E-state index is -0.230. The SMILES string of the molecule is Cc1cc(CNC(=O)c2cc(C3CCOCC3)c3cnccc3n2)on1. The van der Waals surface area contributed by atoms with E-state index in [4.69, 9.17) is 9.26 Å². The van der Waals surface area contributed by atoms with Gasteiger partial charge in [-0.1, -0.05) is 5.16 Å². The van der Waals surface area contributed by atoms with Crippen LogP contribution in [0.3, 0.4) is 0 Å². The summed E-state index contributed by atoms with van der Waals surface area (Å²) in [5.74, 6) is 0.735. The second kappa shape index (κ2) is 7.21. The molecule has 7 nitrogen and oxygen atoms in total. The number of aryl methyl sites for hydroxylation is 1. The summed E-state index contributed by atoms with van der Waals surface area (Å²) in [6.45, 7) is 3.60. The first-order valence-electron chi connectivity index (χ1n) is 8.73. The molecule has 3 aromatic rings. The Bertz CT molecular complexity index is 931. The lowest BCUT2D eigenvalue weighted by atomic mass is 9.89. The van der Waals surface area contributed by atoms with E-state index in [1.165, 1.54) is 0 Å². The van der Waals surface area contributed by atoms with Crippen molar-refractivity contribution in [2.75, 3.05) is 13.2 Å². The lowest BCUT2D eigenvalue weighted by Gasteiger charge is -2.23. The highest BCUT2D eigenvalue weighted by molar-refractivity contribution is 5.95. The Morgan fingerprint density at radius 3 is 2.92 bits per heavy atom. The highest BCUT2D eigenvalue weighted by Crippen LogP contribution is 2.32. The fourth-order valence-corrected chi connectivity index (χ4v) is 3.31. The zero-order valence-electron chi connectivity index (χ0n) is 14.6. The largest absolute Gasteiger partial charge is 0.381 e. The average Bonchev–Trinajstić information content (AvgIpc) is 3.11. The molecule has 1 aliphatic heterocycles. The van der Waals surface area contributed by atoms with E-state index in [0.717, 1.165) is 48.2 Å². The van der Waals surface area contributed by atoms with E-state index in [0.29, 0.717) is 17.4 Å². The molecule has 0 radical (unpaired) electrons. The summed E-state index contributed by atoms with van der Waals surface area (Å²) in [5, 5.41) is 7.67. The van der Waals surface area contributed by atoms with Gasteiger partial charge in [0.15, 0.2) is 5.76 Å². The molecule has 0 aromatic carbocycles. The van der Waals surface area contributed by atoms with Crippen LogP contribution in [0.25, 0.3) is 10.9 Å². The normalized spacial score (nSPS) is 15.3. The van der Waals surface area contributed by atoms with E-state index >= 15 is 0 Å². The number of fused-ring (bicyclic) bond motifs is 1. The number of nitrogens with one attached hydrogen (secondary N) is 1. The molecule has 26 heavy (non-hydrogen) atoms. The third-order valence-corrected chi connectivity index (χ3v) is 4.64. The third-order valence-electron chi connectivity index (χ3n) is 4.64. The maximum atomic E-state index is 12.6. The second-order valence-electron chi connectivity index (χ2n) is 6.49. The molecule has 7 heteroatoms. The molecule has 4 rings (SSSR count). The number of pyridine rings is 2. The summed E-state index contributed by atoms with van der Waals surface area (Å²) >= 11 is 0. The van der Waals surface area contributed by atoms with Gasteiger partial charge < -0.3 is 14.6 Å². The zero-order valence-corrected chi connectivity index (χ0v) is 14.6. The van der Waals surface area contributed by atoms with Gasteiger partial charge in [0.05, 0.1) is 17.8 Å². The van der Waals surface area contributed by atoms with Gasteiger partial charge in [-0.2, -0.15) is 0 Å². The number of rotatable bonds is 4. The zero-order chi connectivity index (χ0) is 17.9. The molecule has 1 N–H and O–H groups in total. The number of nitrogens with zero attached hydrogens (tertiary/aromatic N) is 3. The topological polar surface area (TPSA) is 90.1 Å². The van der Waals surface area contributed by atoms with Gasteiger partial charge in [0.25, 0.3) is 5.91 Å².